The van der Waals surface area contributed by atoms with Gasteiger partial charge >= 0.3 is 0 Å². The number of rotatable bonds is 8. The van der Waals surface area contributed by atoms with E-state index < -0.39 is 0 Å². The Kier molecular flexibility index (Phi) is 7.32. The molecule has 3 N–H and O–H groups in total. The maximum atomic E-state index is 5.70. The summed E-state index contributed by atoms with van der Waals surface area (Å²) < 4.78 is 6.44. The van der Waals surface area contributed by atoms with Crippen LogP contribution in [0, 0.1) is 0 Å². The molecular formula is C14H23BrN2O. The van der Waals surface area contributed by atoms with Crippen molar-refractivity contribution in [3.05, 3.63) is 28.2 Å². The van der Waals surface area contributed by atoms with E-state index in [9.17, 15) is 0 Å². The standard InChI is InChI=1S/C14H23BrN2O/c1-11(16)4-3-8-17-9-7-12-10-13(15)5-6-14(12)18-2/h5-6,10-11,17H,3-4,7-9,16H2,1-2H3. The van der Waals surface area contributed by atoms with E-state index in [1.54, 1.807) is 7.11 Å². The monoisotopic (exact) mass is 314 g/mol. The molecule has 102 valence electrons. The van der Waals surface area contributed by atoms with Gasteiger partial charge in [0.1, 0.15) is 5.75 Å². The molecule has 0 fully saturated rings. The Bertz CT molecular complexity index is 356. The summed E-state index contributed by atoms with van der Waals surface area (Å²) in [4.78, 5) is 0. The fraction of sp³-hybridized carbons (Fsp3) is 0.571. The average Bonchev–Trinajstić information content (AvgIpc) is 2.33. The SMILES string of the molecule is COc1ccc(Br)cc1CCNCCCC(C)N. The Labute approximate surface area is 118 Å². The predicted octanol–water partition coefficient (Wildman–Crippen LogP) is 2.72. The van der Waals surface area contributed by atoms with E-state index in [2.05, 4.69) is 27.3 Å². The highest BCUT2D eigenvalue weighted by molar-refractivity contribution is 9.10. The number of halogens is 1. The summed E-state index contributed by atoms with van der Waals surface area (Å²) in [5.41, 5.74) is 6.93. The van der Waals surface area contributed by atoms with Crippen LogP contribution < -0.4 is 15.8 Å². The molecule has 0 aliphatic carbocycles. The van der Waals surface area contributed by atoms with Crippen LogP contribution in [0.25, 0.3) is 0 Å². The topological polar surface area (TPSA) is 47.3 Å². The van der Waals surface area contributed by atoms with Crippen molar-refractivity contribution in [1.29, 1.82) is 0 Å². The molecule has 1 aromatic carbocycles. The molecule has 0 bridgehead atoms. The first-order valence-corrected chi connectivity index (χ1v) is 7.21. The maximum Gasteiger partial charge on any atom is 0.122 e. The Morgan fingerprint density at radius 3 is 2.83 bits per heavy atom. The molecule has 4 heteroatoms. The quantitative estimate of drug-likeness (QED) is 0.725. The van der Waals surface area contributed by atoms with Crippen molar-refractivity contribution in [3.63, 3.8) is 0 Å². The van der Waals surface area contributed by atoms with Crippen LogP contribution >= 0.6 is 15.9 Å². The van der Waals surface area contributed by atoms with Crippen LogP contribution in [0.3, 0.4) is 0 Å². The molecule has 0 amide bonds. The van der Waals surface area contributed by atoms with E-state index in [1.807, 2.05) is 19.1 Å². The van der Waals surface area contributed by atoms with Crippen LogP contribution in [-0.4, -0.2) is 26.2 Å². The molecule has 18 heavy (non-hydrogen) atoms. The smallest absolute Gasteiger partial charge is 0.122 e. The van der Waals surface area contributed by atoms with Crippen molar-refractivity contribution >= 4 is 15.9 Å². The van der Waals surface area contributed by atoms with Gasteiger partial charge in [-0.3, -0.25) is 0 Å². The van der Waals surface area contributed by atoms with Gasteiger partial charge in [-0.05, 0) is 63.0 Å². The Balaban J connectivity index is 2.28. The van der Waals surface area contributed by atoms with E-state index in [-0.39, 0.29) is 0 Å². The second-order valence-corrected chi connectivity index (χ2v) is 5.49. The number of ether oxygens (including phenoxy) is 1. The Hall–Kier alpha value is -0.580. The molecule has 3 nitrogen and oxygen atoms in total. The second-order valence-electron chi connectivity index (χ2n) is 4.58. The van der Waals surface area contributed by atoms with Gasteiger partial charge in [0.15, 0.2) is 0 Å². The lowest BCUT2D eigenvalue weighted by atomic mass is 10.1. The Morgan fingerprint density at radius 1 is 1.39 bits per heavy atom. The van der Waals surface area contributed by atoms with E-state index in [0.29, 0.717) is 6.04 Å². The van der Waals surface area contributed by atoms with Crippen molar-refractivity contribution in [2.45, 2.75) is 32.2 Å². The summed E-state index contributed by atoms with van der Waals surface area (Å²) in [6.45, 7) is 4.04. The zero-order chi connectivity index (χ0) is 13.4. The van der Waals surface area contributed by atoms with Gasteiger partial charge < -0.3 is 15.8 Å². The molecule has 0 heterocycles. The van der Waals surface area contributed by atoms with Crippen LogP contribution in [0.4, 0.5) is 0 Å². The highest BCUT2D eigenvalue weighted by Crippen LogP contribution is 2.23. The molecule has 1 unspecified atom stereocenters. The largest absolute Gasteiger partial charge is 0.496 e. The van der Waals surface area contributed by atoms with Crippen molar-refractivity contribution in [2.24, 2.45) is 5.73 Å². The minimum atomic E-state index is 0.303. The molecule has 0 radical (unpaired) electrons. The zero-order valence-corrected chi connectivity index (χ0v) is 12.8. The normalized spacial score (nSPS) is 12.4. The van der Waals surface area contributed by atoms with Gasteiger partial charge in [-0.1, -0.05) is 15.9 Å². The van der Waals surface area contributed by atoms with Gasteiger partial charge in [0.25, 0.3) is 0 Å². The summed E-state index contributed by atoms with van der Waals surface area (Å²) in [6.07, 6.45) is 3.18. The summed E-state index contributed by atoms with van der Waals surface area (Å²) in [7, 11) is 1.71. The lowest BCUT2D eigenvalue weighted by molar-refractivity contribution is 0.409. The molecule has 1 aromatic rings. The van der Waals surface area contributed by atoms with Gasteiger partial charge in [-0.25, -0.2) is 0 Å². The number of hydrogen-bond donors (Lipinski definition) is 2. The highest BCUT2D eigenvalue weighted by Gasteiger charge is 2.03. The van der Waals surface area contributed by atoms with Gasteiger partial charge in [0.05, 0.1) is 7.11 Å². The minimum absolute atomic E-state index is 0.303. The molecule has 0 aliphatic rings. The van der Waals surface area contributed by atoms with Crippen molar-refractivity contribution in [3.8, 4) is 5.75 Å². The van der Waals surface area contributed by atoms with E-state index in [1.165, 1.54) is 5.56 Å². The van der Waals surface area contributed by atoms with E-state index in [4.69, 9.17) is 10.5 Å². The fourth-order valence-electron chi connectivity index (χ4n) is 1.84. The molecule has 0 aromatic heterocycles. The lowest BCUT2D eigenvalue weighted by Crippen LogP contribution is -2.22. The maximum absolute atomic E-state index is 5.70. The van der Waals surface area contributed by atoms with E-state index in [0.717, 1.165) is 42.6 Å². The first-order chi connectivity index (χ1) is 8.63. The first-order valence-electron chi connectivity index (χ1n) is 6.42. The summed E-state index contributed by atoms with van der Waals surface area (Å²) >= 11 is 3.49. The summed E-state index contributed by atoms with van der Waals surface area (Å²) in [6, 6.07) is 6.41. The lowest BCUT2D eigenvalue weighted by Gasteiger charge is -2.10. The Morgan fingerprint density at radius 2 is 2.17 bits per heavy atom. The van der Waals surface area contributed by atoms with Crippen LogP contribution in [0.1, 0.15) is 25.3 Å². The molecule has 0 aliphatic heterocycles. The number of nitrogens with two attached hydrogens (primary N) is 1. The number of nitrogens with one attached hydrogen (secondary N) is 1. The van der Waals surface area contributed by atoms with Crippen LogP contribution in [0.2, 0.25) is 0 Å². The number of benzene rings is 1. The minimum Gasteiger partial charge on any atom is -0.496 e. The van der Waals surface area contributed by atoms with E-state index >= 15 is 0 Å². The predicted molar refractivity (Wildman–Crippen MR) is 80.2 cm³/mol. The fourth-order valence-corrected chi connectivity index (χ4v) is 2.25. The molecule has 1 rings (SSSR count). The van der Waals surface area contributed by atoms with Gasteiger partial charge in [-0.2, -0.15) is 0 Å². The third-order valence-electron chi connectivity index (χ3n) is 2.83. The highest BCUT2D eigenvalue weighted by atomic mass is 79.9. The first kappa shape index (κ1) is 15.5. The second kappa shape index (κ2) is 8.51. The average molecular weight is 315 g/mol. The van der Waals surface area contributed by atoms with Crippen molar-refractivity contribution in [2.75, 3.05) is 20.2 Å². The number of hydrogen-bond acceptors (Lipinski definition) is 3. The number of methoxy groups -OCH3 is 1. The summed E-state index contributed by atoms with van der Waals surface area (Å²) in [5.74, 6) is 0.954. The zero-order valence-electron chi connectivity index (χ0n) is 11.2. The summed E-state index contributed by atoms with van der Waals surface area (Å²) in [5, 5.41) is 3.43. The molecule has 1 atom stereocenters. The molecule has 0 spiro atoms. The van der Waals surface area contributed by atoms with Crippen LogP contribution in [0.15, 0.2) is 22.7 Å². The van der Waals surface area contributed by atoms with Crippen molar-refractivity contribution < 1.29 is 4.74 Å². The molecule has 0 saturated carbocycles. The van der Waals surface area contributed by atoms with Crippen LogP contribution in [0.5, 0.6) is 5.75 Å². The van der Waals surface area contributed by atoms with Gasteiger partial charge in [0.2, 0.25) is 0 Å². The third-order valence-corrected chi connectivity index (χ3v) is 3.32. The van der Waals surface area contributed by atoms with Crippen LogP contribution in [-0.2, 0) is 6.42 Å². The third kappa shape index (κ3) is 5.85. The van der Waals surface area contributed by atoms with Gasteiger partial charge in [-0.15, -0.1) is 0 Å². The van der Waals surface area contributed by atoms with Gasteiger partial charge in [0, 0.05) is 10.5 Å². The molecular weight excluding hydrogens is 292 g/mol. The van der Waals surface area contributed by atoms with Crippen molar-refractivity contribution in [1.82, 2.24) is 5.32 Å². The molecule has 0 saturated heterocycles.